The lowest BCUT2D eigenvalue weighted by molar-refractivity contribution is 0.416. The lowest BCUT2D eigenvalue weighted by atomic mass is 9.87. The molecule has 0 radical (unpaired) electrons. The minimum atomic E-state index is 0.169. The van der Waals surface area contributed by atoms with Crippen LogP contribution in [0.5, 0.6) is 5.75 Å². The normalized spacial score (nSPS) is 11.4. The Balaban J connectivity index is 2.79. The Hall–Kier alpha value is -0.830. The lowest BCUT2D eigenvalue weighted by Crippen LogP contribution is -2.12. The Morgan fingerprint density at radius 1 is 1.28 bits per heavy atom. The van der Waals surface area contributed by atoms with Crippen molar-refractivity contribution in [1.29, 1.82) is 0 Å². The molecule has 0 atom stereocenters. The highest BCUT2D eigenvalue weighted by Crippen LogP contribution is 2.31. The van der Waals surface area contributed by atoms with Gasteiger partial charge >= 0.3 is 0 Å². The highest BCUT2D eigenvalue weighted by atomic mass is 32.2. The Bertz CT molecular complexity index is 371. The molecule has 0 saturated heterocycles. The molecule has 102 valence electrons. The molecule has 2 nitrogen and oxygen atoms in total. The summed E-state index contributed by atoms with van der Waals surface area (Å²) in [5.74, 6) is 2.11. The van der Waals surface area contributed by atoms with Crippen molar-refractivity contribution in [2.75, 3.05) is 31.0 Å². The number of anilines is 1. The quantitative estimate of drug-likeness (QED) is 0.782. The van der Waals surface area contributed by atoms with Crippen LogP contribution in [0.1, 0.15) is 32.8 Å². The van der Waals surface area contributed by atoms with E-state index >= 15 is 0 Å². The van der Waals surface area contributed by atoms with Crippen LogP contribution in [-0.2, 0) is 5.41 Å². The van der Waals surface area contributed by atoms with E-state index < -0.39 is 0 Å². The topological polar surface area (TPSA) is 21.3 Å². The highest BCUT2D eigenvalue weighted by molar-refractivity contribution is 7.98. The van der Waals surface area contributed by atoms with Crippen molar-refractivity contribution < 1.29 is 4.74 Å². The van der Waals surface area contributed by atoms with Crippen molar-refractivity contribution >= 4 is 17.4 Å². The van der Waals surface area contributed by atoms with Gasteiger partial charge in [-0.3, -0.25) is 0 Å². The summed E-state index contributed by atoms with van der Waals surface area (Å²) in [6.07, 6.45) is 3.31. The molecule has 0 aliphatic heterocycles. The number of nitrogens with one attached hydrogen (secondary N) is 1. The van der Waals surface area contributed by atoms with Crippen molar-refractivity contribution in [2.45, 2.75) is 32.6 Å². The van der Waals surface area contributed by atoms with Crippen molar-refractivity contribution in [1.82, 2.24) is 0 Å². The molecule has 0 aliphatic rings. The largest absolute Gasteiger partial charge is 0.495 e. The molecule has 0 unspecified atom stereocenters. The Morgan fingerprint density at radius 3 is 2.56 bits per heavy atom. The highest BCUT2D eigenvalue weighted by Gasteiger charge is 2.15. The van der Waals surface area contributed by atoms with Gasteiger partial charge in [0.05, 0.1) is 12.8 Å². The van der Waals surface area contributed by atoms with Gasteiger partial charge in [-0.25, -0.2) is 0 Å². The predicted octanol–water partition coefficient (Wildman–Crippen LogP) is 4.16. The lowest BCUT2D eigenvalue weighted by Gasteiger charge is -2.21. The fourth-order valence-electron chi connectivity index (χ4n) is 1.75. The van der Waals surface area contributed by atoms with Gasteiger partial charge in [0.1, 0.15) is 5.75 Å². The molecule has 18 heavy (non-hydrogen) atoms. The van der Waals surface area contributed by atoms with Crippen LogP contribution in [0.2, 0.25) is 0 Å². The van der Waals surface area contributed by atoms with Crippen LogP contribution in [0.25, 0.3) is 0 Å². The second-order valence-electron chi connectivity index (χ2n) is 5.44. The van der Waals surface area contributed by atoms with E-state index in [0.29, 0.717) is 0 Å². The van der Waals surface area contributed by atoms with E-state index in [0.717, 1.165) is 18.0 Å². The first-order valence-electron chi connectivity index (χ1n) is 6.40. The first kappa shape index (κ1) is 15.2. The first-order valence-corrected chi connectivity index (χ1v) is 7.79. The molecule has 0 aliphatic carbocycles. The molecule has 1 aromatic carbocycles. The van der Waals surface area contributed by atoms with Crippen LogP contribution < -0.4 is 10.1 Å². The zero-order valence-electron chi connectivity index (χ0n) is 12.2. The Labute approximate surface area is 116 Å². The number of ether oxygens (including phenoxy) is 1. The molecule has 0 spiro atoms. The van der Waals surface area contributed by atoms with Gasteiger partial charge in [-0.15, -0.1) is 0 Å². The van der Waals surface area contributed by atoms with Crippen molar-refractivity contribution in [3.8, 4) is 5.75 Å². The van der Waals surface area contributed by atoms with Crippen LogP contribution in [0.15, 0.2) is 18.2 Å². The standard InChI is InChI=1S/C15H25NOS/c1-15(2,3)12-7-8-14(17-4)13(11-12)16-9-6-10-18-5/h7-8,11,16H,6,9-10H2,1-5H3. The van der Waals surface area contributed by atoms with E-state index in [9.17, 15) is 0 Å². The van der Waals surface area contributed by atoms with Crippen molar-refractivity contribution in [3.05, 3.63) is 23.8 Å². The van der Waals surface area contributed by atoms with Gasteiger partial charge in [0.25, 0.3) is 0 Å². The molecule has 0 fully saturated rings. The minimum Gasteiger partial charge on any atom is -0.495 e. The average Bonchev–Trinajstić information content (AvgIpc) is 2.33. The van der Waals surface area contributed by atoms with Crippen LogP contribution in [-0.4, -0.2) is 25.7 Å². The van der Waals surface area contributed by atoms with E-state index in [1.165, 1.54) is 17.7 Å². The number of hydrogen-bond acceptors (Lipinski definition) is 3. The third-order valence-electron chi connectivity index (χ3n) is 2.91. The Kier molecular flexibility index (Phi) is 5.86. The summed E-state index contributed by atoms with van der Waals surface area (Å²) in [4.78, 5) is 0. The predicted molar refractivity (Wildman–Crippen MR) is 83.2 cm³/mol. The SMILES string of the molecule is COc1ccc(C(C)(C)C)cc1NCCCSC. The number of thioether (sulfide) groups is 1. The zero-order chi connectivity index (χ0) is 13.6. The smallest absolute Gasteiger partial charge is 0.141 e. The summed E-state index contributed by atoms with van der Waals surface area (Å²) >= 11 is 1.88. The van der Waals surface area contributed by atoms with E-state index in [2.05, 4.69) is 50.5 Å². The molecule has 0 saturated carbocycles. The summed E-state index contributed by atoms with van der Waals surface area (Å²) in [5.41, 5.74) is 2.60. The maximum absolute atomic E-state index is 5.40. The minimum absolute atomic E-state index is 0.169. The molecule has 0 amide bonds. The van der Waals surface area contributed by atoms with Gasteiger partial charge in [0, 0.05) is 6.54 Å². The monoisotopic (exact) mass is 267 g/mol. The van der Waals surface area contributed by atoms with E-state index in [1.807, 2.05) is 11.8 Å². The number of rotatable bonds is 6. The van der Waals surface area contributed by atoms with E-state index in [-0.39, 0.29) is 5.41 Å². The molecular weight excluding hydrogens is 242 g/mol. The van der Waals surface area contributed by atoms with Crippen molar-refractivity contribution in [3.63, 3.8) is 0 Å². The second kappa shape index (κ2) is 6.93. The van der Waals surface area contributed by atoms with Crippen LogP contribution >= 0.6 is 11.8 Å². The average molecular weight is 267 g/mol. The van der Waals surface area contributed by atoms with E-state index in [4.69, 9.17) is 4.74 Å². The summed E-state index contributed by atoms with van der Waals surface area (Å²) in [6.45, 7) is 7.68. The van der Waals surface area contributed by atoms with Gasteiger partial charge in [-0.2, -0.15) is 11.8 Å². The molecule has 0 bridgehead atoms. The molecule has 1 rings (SSSR count). The molecule has 1 N–H and O–H groups in total. The van der Waals surface area contributed by atoms with Gasteiger partial charge in [-0.1, -0.05) is 26.8 Å². The van der Waals surface area contributed by atoms with Crippen LogP contribution in [0.4, 0.5) is 5.69 Å². The molecule has 0 aromatic heterocycles. The van der Waals surface area contributed by atoms with Crippen LogP contribution in [0.3, 0.4) is 0 Å². The zero-order valence-corrected chi connectivity index (χ0v) is 13.0. The summed E-state index contributed by atoms with van der Waals surface area (Å²) in [5, 5.41) is 3.47. The van der Waals surface area contributed by atoms with Crippen LogP contribution in [0, 0.1) is 0 Å². The third kappa shape index (κ3) is 4.45. The number of hydrogen-bond donors (Lipinski definition) is 1. The van der Waals surface area contributed by atoms with Gasteiger partial charge in [0.15, 0.2) is 0 Å². The maximum atomic E-state index is 5.40. The van der Waals surface area contributed by atoms with Gasteiger partial charge < -0.3 is 10.1 Å². The second-order valence-corrected chi connectivity index (χ2v) is 6.42. The third-order valence-corrected chi connectivity index (χ3v) is 3.60. The summed E-state index contributed by atoms with van der Waals surface area (Å²) < 4.78 is 5.40. The molecule has 0 heterocycles. The van der Waals surface area contributed by atoms with E-state index in [1.54, 1.807) is 7.11 Å². The molecule has 1 aromatic rings. The van der Waals surface area contributed by atoms with Gasteiger partial charge in [0.2, 0.25) is 0 Å². The Morgan fingerprint density at radius 2 is 2.00 bits per heavy atom. The number of benzene rings is 1. The summed E-state index contributed by atoms with van der Waals surface area (Å²) in [6, 6.07) is 6.40. The number of methoxy groups -OCH3 is 1. The molecular formula is C15H25NOS. The van der Waals surface area contributed by atoms with Gasteiger partial charge in [-0.05, 0) is 41.5 Å². The summed E-state index contributed by atoms with van der Waals surface area (Å²) in [7, 11) is 1.72. The maximum Gasteiger partial charge on any atom is 0.141 e. The fraction of sp³-hybridized carbons (Fsp3) is 0.600. The van der Waals surface area contributed by atoms with Crippen molar-refractivity contribution in [2.24, 2.45) is 0 Å². The molecule has 3 heteroatoms. The fourth-order valence-corrected chi connectivity index (χ4v) is 2.19. The first-order chi connectivity index (χ1) is 8.49.